The molecule has 0 saturated carbocycles. The number of nitrogens with two attached hydrogens (primary N) is 1. The first-order valence-electron chi connectivity index (χ1n) is 8.42. The minimum atomic E-state index is -4.53. The monoisotopic (exact) mass is 395 g/mol. The van der Waals surface area contributed by atoms with E-state index in [1.807, 2.05) is 0 Å². The fourth-order valence-corrected chi connectivity index (χ4v) is 2.98. The smallest absolute Gasteiger partial charge is 0.417 e. The number of aromatic nitrogens is 1. The van der Waals surface area contributed by atoms with Gasteiger partial charge in [0.1, 0.15) is 11.5 Å². The van der Waals surface area contributed by atoms with Gasteiger partial charge < -0.3 is 10.5 Å². The average molecular weight is 395 g/mol. The van der Waals surface area contributed by atoms with Crippen molar-refractivity contribution in [3.8, 4) is 0 Å². The van der Waals surface area contributed by atoms with Gasteiger partial charge in [-0.25, -0.2) is 9.38 Å². The van der Waals surface area contributed by atoms with E-state index in [-0.39, 0.29) is 30.3 Å². The van der Waals surface area contributed by atoms with Crippen LogP contribution in [0.2, 0.25) is 0 Å². The topological polar surface area (TPSA) is 77.6 Å². The number of pyridine rings is 1. The van der Waals surface area contributed by atoms with Gasteiger partial charge in [-0.3, -0.25) is 9.78 Å². The molecule has 5 nitrogen and oxygen atoms in total. The number of rotatable bonds is 4. The van der Waals surface area contributed by atoms with E-state index in [0.717, 1.165) is 12.1 Å². The Morgan fingerprint density at radius 1 is 1.29 bits per heavy atom. The van der Waals surface area contributed by atoms with E-state index in [1.165, 1.54) is 18.2 Å². The largest absolute Gasteiger partial charge is 0.465 e. The van der Waals surface area contributed by atoms with E-state index >= 15 is 0 Å². The number of halogens is 4. The summed E-state index contributed by atoms with van der Waals surface area (Å²) in [4.78, 5) is 20.2. The number of ether oxygens (including phenoxy) is 1. The summed E-state index contributed by atoms with van der Waals surface area (Å²) in [5.41, 5.74) is 4.39. The summed E-state index contributed by atoms with van der Waals surface area (Å²) >= 11 is 0. The Balaban J connectivity index is 1.83. The van der Waals surface area contributed by atoms with Gasteiger partial charge in [0.2, 0.25) is 0 Å². The molecule has 0 unspecified atom stereocenters. The van der Waals surface area contributed by atoms with Crippen molar-refractivity contribution in [3.05, 3.63) is 64.7 Å². The van der Waals surface area contributed by atoms with Crippen LogP contribution in [0.4, 0.5) is 17.6 Å². The van der Waals surface area contributed by atoms with Crippen LogP contribution in [0.15, 0.2) is 41.5 Å². The van der Waals surface area contributed by atoms with Gasteiger partial charge in [-0.15, -0.1) is 0 Å². The summed E-state index contributed by atoms with van der Waals surface area (Å²) in [5, 5.41) is 0. The van der Waals surface area contributed by atoms with Crippen LogP contribution in [0, 0.1) is 5.82 Å². The lowest BCUT2D eigenvalue weighted by molar-refractivity contribution is -0.137. The number of hydrogen-bond donors (Lipinski definition) is 1. The second-order valence-electron chi connectivity index (χ2n) is 6.67. The van der Waals surface area contributed by atoms with Crippen LogP contribution in [0.5, 0.6) is 0 Å². The summed E-state index contributed by atoms with van der Waals surface area (Å²) in [6, 6.07) is 5.97. The van der Waals surface area contributed by atoms with Crippen LogP contribution in [0.1, 0.15) is 40.5 Å². The zero-order valence-corrected chi connectivity index (χ0v) is 14.9. The van der Waals surface area contributed by atoms with E-state index < -0.39 is 28.9 Å². The zero-order chi connectivity index (χ0) is 20.5. The van der Waals surface area contributed by atoms with E-state index in [4.69, 9.17) is 10.5 Å². The highest BCUT2D eigenvalue weighted by Crippen LogP contribution is 2.34. The highest BCUT2D eigenvalue weighted by molar-refractivity contribution is 5.95. The lowest BCUT2D eigenvalue weighted by Gasteiger charge is -2.30. The molecular weight excluding hydrogens is 378 g/mol. The molecule has 148 valence electrons. The van der Waals surface area contributed by atoms with Crippen LogP contribution < -0.4 is 5.73 Å². The Bertz CT molecular complexity index is 926. The second kappa shape index (κ2) is 7.21. The van der Waals surface area contributed by atoms with Gasteiger partial charge in [0, 0.05) is 24.6 Å². The third-order valence-electron chi connectivity index (χ3n) is 4.55. The fraction of sp³-hybridized carbons (Fsp3) is 0.316. The van der Waals surface area contributed by atoms with Gasteiger partial charge in [-0.1, -0.05) is 6.07 Å². The number of benzene rings is 1. The number of hydrogen-bond acceptors (Lipinski definition) is 5. The zero-order valence-electron chi connectivity index (χ0n) is 14.9. The molecule has 0 spiro atoms. The fourth-order valence-electron chi connectivity index (χ4n) is 2.98. The molecule has 1 aromatic carbocycles. The number of Topliss-reactive ketones (excluding diaryl/α,β-unsaturated/α-hetero) is 1. The molecule has 0 bridgehead atoms. The van der Waals surface area contributed by atoms with Crippen LogP contribution in [0.3, 0.4) is 0 Å². The third kappa shape index (κ3) is 4.13. The van der Waals surface area contributed by atoms with Crippen LogP contribution in [0.25, 0.3) is 0 Å². The summed E-state index contributed by atoms with van der Waals surface area (Å²) < 4.78 is 57.3. The van der Waals surface area contributed by atoms with Crippen molar-refractivity contribution < 1.29 is 27.1 Å². The molecule has 0 radical (unpaired) electrons. The first kappa shape index (κ1) is 19.8. The molecule has 28 heavy (non-hydrogen) atoms. The molecule has 0 saturated heterocycles. The predicted octanol–water partition coefficient (Wildman–Crippen LogP) is 3.62. The maximum absolute atomic E-state index is 14.4. The SMILES string of the molecule is C[C@@]1(c2cc(CC(=O)c3ccc(C(F)(F)F)cn3)ccc2F)CCOC(N)=N1. The Morgan fingerprint density at radius 3 is 2.64 bits per heavy atom. The van der Waals surface area contributed by atoms with E-state index in [9.17, 15) is 22.4 Å². The highest BCUT2D eigenvalue weighted by atomic mass is 19.4. The normalized spacial score (nSPS) is 19.7. The van der Waals surface area contributed by atoms with Crippen molar-refractivity contribution >= 4 is 11.8 Å². The molecule has 0 aliphatic carbocycles. The molecule has 9 heteroatoms. The summed E-state index contributed by atoms with van der Waals surface area (Å²) in [6.45, 7) is 1.99. The van der Waals surface area contributed by atoms with Crippen molar-refractivity contribution in [3.63, 3.8) is 0 Å². The molecular formula is C19H17F4N3O2. The van der Waals surface area contributed by atoms with Crippen molar-refractivity contribution in [1.29, 1.82) is 0 Å². The number of aliphatic imine (C=N–C) groups is 1. The van der Waals surface area contributed by atoms with Gasteiger partial charge in [0.15, 0.2) is 5.78 Å². The molecule has 2 aromatic rings. The summed E-state index contributed by atoms with van der Waals surface area (Å²) in [5.74, 6) is -0.976. The van der Waals surface area contributed by atoms with Crippen LogP contribution >= 0.6 is 0 Å². The quantitative estimate of drug-likeness (QED) is 0.634. The molecule has 3 rings (SSSR count). The number of nitrogens with zero attached hydrogens (tertiary/aromatic N) is 2. The number of amidine groups is 1. The third-order valence-corrected chi connectivity index (χ3v) is 4.55. The molecule has 0 amide bonds. The highest BCUT2D eigenvalue weighted by Gasteiger charge is 2.33. The molecule has 1 atom stereocenters. The number of carbonyl (C=O) groups is 1. The standard InChI is InChI=1S/C19H17F4N3O2/c1-18(6-7-28-17(24)26-18)13-8-11(2-4-14(13)20)9-16(27)15-5-3-12(10-25-15)19(21,22)23/h2-5,8,10H,6-7,9H2,1H3,(H2,24,26)/t18-/m0/s1. The maximum Gasteiger partial charge on any atom is 0.417 e. The molecule has 1 aliphatic rings. The maximum atomic E-state index is 14.4. The molecule has 1 aromatic heterocycles. The average Bonchev–Trinajstić information content (AvgIpc) is 2.62. The molecule has 0 fully saturated rings. The first-order chi connectivity index (χ1) is 13.1. The molecule has 2 N–H and O–H groups in total. The number of carbonyl (C=O) groups excluding carboxylic acids is 1. The van der Waals surface area contributed by atoms with Gasteiger partial charge in [0.25, 0.3) is 6.02 Å². The minimum Gasteiger partial charge on any atom is -0.465 e. The Hall–Kier alpha value is -2.97. The Labute approximate surface area is 158 Å². The Morgan fingerprint density at radius 2 is 2.04 bits per heavy atom. The van der Waals surface area contributed by atoms with Gasteiger partial charge in [-0.05, 0) is 36.8 Å². The summed E-state index contributed by atoms with van der Waals surface area (Å²) in [7, 11) is 0. The van der Waals surface area contributed by atoms with Crippen molar-refractivity contribution in [2.24, 2.45) is 10.7 Å². The van der Waals surface area contributed by atoms with Gasteiger partial charge >= 0.3 is 6.18 Å². The lowest BCUT2D eigenvalue weighted by atomic mass is 9.87. The van der Waals surface area contributed by atoms with Crippen molar-refractivity contribution in [1.82, 2.24) is 4.98 Å². The van der Waals surface area contributed by atoms with Gasteiger partial charge in [-0.2, -0.15) is 13.2 Å². The number of alkyl halides is 3. The predicted molar refractivity (Wildman–Crippen MR) is 93.2 cm³/mol. The van der Waals surface area contributed by atoms with Gasteiger partial charge in [0.05, 0.1) is 17.7 Å². The van der Waals surface area contributed by atoms with Crippen molar-refractivity contribution in [2.75, 3.05) is 6.61 Å². The Kier molecular flexibility index (Phi) is 5.10. The number of ketones is 1. The molecule has 2 heterocycles. The van der Waals surface area contributed by atoms with E-state index in [1.54, 1.807) is 6.92 Å². The second-order valence-corrected chi connectivity index (χ2v) is 6.67. The minimum absolute atomic E-state index is 0.0383. The first-order valence-corrected chi connectivity index (χ1v) is 8.42. The van der Waals surface area contributed by atoms with E-state index in [0.29, 0.717) is 18.2 Å². The van der Waals surface area contributed by atoms with E-state index in [2.05, 4.69) is 9.98 Å². The molecule has 1 aliphatic heterocycles. The van der Waals surface area contributed by atoms with Crippen LogP contribution in [-0.4, -0.2) is 23.4 Å². The lowest BCUT2D eigenvalue weighted by Crippen LogP contribution is -2.34. The van der Waals surface area contributed by atoms with Crippen molar-refractivity contribution in [2.45, 2.75) is 31.5 Å². The summed E-state index contributed by atoms with van der Waals surface area (Å²) in [6.07, 6.45) is -3.65. The van der Waals surface area contributed by atoms with Crippen LogP contribution in [-0.2, 0) is 22.9 Å².